The molecule has 0 aromatic carbocycles. The maximum atomic E-state index is 11.9. The summed E-state index contributed by atoms with van der Waals surface area (Å²) in [5.41, 5.74) is 0. The first kappa shape index (κ1) is 14.8. The van der Waals surface area contributed by atoms with E-state index in [0.717, 1.165) is 38.5 Å². The number of carbonyl (C=O) groups excluding carboxylic acids is 1. The molecule has 110 valence electrons. The van der Waals surface area contributed by atoms with E-state index < -0.39 is 0 Å². The zero-order valence-electron chi connectivity index (χ0n) is 12.3. The second-order valence-corrected chi connectivity index (χ2v) is 5.99. The van der Waals surface area contributed by atoms with Gasteiger partial charge in [0.2, 0.25) is 5.91 Å². The molecule has 2 N–H and O–H groups in total. The molecular weight excluding hydrogens is 238 g/mol. The first-order valence-corrected chi connectivity index (χ1v) is 8.02. The van der Waals surface area contributed by atoms with Gasteiger partial charge in [-0.2, -0.15) is 0 Å². The molecule has 4 nitrogen and oxygen atoms in total. The molecule has 1 aliphatic heterocycles. The van der Waals surface area contributed by atoms with Gasteiger partial charge in [0.25, 0.3) is 0 Å². The van der Waals surface area contributed by atoms with Gasteiger partial charge in [-0.3, -0.25) is 9.69 Å². The fourth-order valence-corrected chi connectivity index (χ4v) is 3.45. The highest BCUT2D eigenvalue weighted by Crippen LogP contribution is 2.29. The summed E-state index contributed by atoms with van der Waals surface area (Å²) >= 11 is 0. The van der Waals surface area contributed by atoms with E-state index in [1.807, 2.05) is 0 Å². The van der Waals surface area contributed by atoms with Gasteiger partial charge >= 0.3 is 0 Å². The molecule has 2 fully saturated rings. The predicted molar refractivity (Wildman–Crippen MR) is 78.1 cm³/mol. The van der Waals surface area contributed by atoms with E-state index in [9.17, 15) is 4.79 Å². The van der Waals surface area contributed by atoms with Crippen molar-refractivity contribution in [3.63, 3.8) is 0 Å². The number of amides is 1. The van der Waals surface area contributed by atoms with Gasteiger partial charge in [-0.1, -0.05) is 26.2 Å². The molecule has 1 unspecified atom stereocenters. The van der Waals surface area contributed by atoms with Gasteiger partial charge in [0.05, 0.1) is 6.54 Å². The molecule has 2 aliphatic rings. The van der Waals surface area contributed by atoms with Crippen molar-refractivity contribution < 1.29 is 4.79 Å². The summed E-state index contributed by atoms with van der Waals surface area (Å²) < 4.78 is 0. The molecule has 0 aromatic rings. The average molecular weight is 267 g/mol. The largest absolute Gasteiger partial charge is 0.355 e. The quantitative estimate of drug-likeness (QED) is 0.791. The van der Waals surface area contributed by atoms with Crippen LogP contribution in [-0.4, -0.2) is 49.6 Å². The van der Waals surface area contributed by atoms with Crippen molar-refractivity contribution in [3.8, 4) is 0 Å². The first-order valence-electron chi connectivity index (χ1n) is 8.02. The molecule has 0 aromatic heterocycles. The van der Waals surface area contributed by atoms with Crippen LogP contribution in [-0.2, 0) is 4.79 Å². The fourth-order valence-electron chi connectivity index (χ4n) is 3.45. The zero-order chi connectivity index (χ0) is 13.5. The van der Waals surface area contributed by atoms with Gasteiger partial charge in [0.1, 0.15) is 0 Å². The van der Waals surface area contributed by atoms with Crippen LogP contribution < -0.4 is 10.6 Å². The highest BCUT2D eigenvalue weighted by Gasteiger charge is 2.31. The van der Waals surface area contributed by atoms with Crippen LogP contribution in [0.1, 0.15) is 45.4 Å². The molecule has 1 aliphatic carbocycles. The zero-order valence-corrected chi connectivity index (χ0v) is 12.3. The Labute approximate surface area is 117 Å². The molecule has 1 heterocycles. The van der Waals surface area contributed by atoms with E-state index in [2.05, 4.69) is 22.5 Å². The van der Waals surface area contributed by atoms with Crippen LogP contribution in [0.5, 0.6) is 0 Å². The lowest BCUT2D eigenvalue weighted by atomic mass is 9.82. The Morgan fingerprint density at radius 1 is 1.32 bits per heavy atom. The van der Waals surface area contributed by atoms with E-state index >= 15 is 0 Å². The predicted octanol–water partition coefficient (Wildman–Crippen LogP) is 1.37. The molecule has 0 spiro atoms. The summed E-state index contributed by atoms with van der Waals surface area (Å²) in [5, 5.41) is 6.51. The minimum Gasteiger partial charge on any atom is -0.355 e. The van der Waals surface area contributed by atoms with Gasteiger partial charge in [0, 0.05) is 32.2 Å². The number of nitrogens with zero attached hydrogens (tertiary/aromatic N) is 1. The first-order chi connectivity index (χ1) is 9.31. The molecule has 1 saturated carbocycles. The van der Waals surface area contributed by atoms with Crippen LogP contribution >= 0.6 is 0 Å². The van der Waals surface area contributed by atoms with Gasteiger partial charge < -0.3 is 10.6 Å². The molecule has 0 radical (unpaired) electrons. The van der Waals surface area contributed by atoms with Crippen LogP contribution in [0.15, 0.2) is 0 Å². The van der Waals surface area contributed by atoms with E-state index in [4.69, 9.17) is 0 Å². The van der Waals surface area contributed by atoms with Crippen molar-refractivity contribution in [2.75, 3.05) is 32.7 Å². The summed E-state index contributed by atoms with van der Waals surface area (Å²) in [7, 11) is 0. The van der Waals surface area contributed by atoms with E-state index in [-0.39, 0.29) is 5.91 Å². The highest BCUT2D eigenvalue weighted by molar-refractivity contribution is 5.78. The number of hydrogen-bond acceptors (Lipinski definition) is 3. The average Bonchev–Trinajstić information content (AvgIpc) is 2.46. The van der Waals surface area contributed by atoms with Crippen LogP contribution in [0.25, 0.3) is 0 Å². The second-order valence-electron chi connectivity index (χ2n) is 5.99. The lowest BCUT2D eigenvalue weighted by Gasteiger charge is -2.41. The van der Waals surface area contributed by atoms with Crippen molar-refractivity contribution in [3.05, 3.63) is 0 Å². The molecule has 1 amide bonds. The Balaban J connectivity index is 1.86. The van der Waals surface area contributed by atoms with E-state index in [1.54, 1.807) is 0 Å². The summed E-state index contributed by atoms with van der Waals surface area (Å²) in [6.45, 7) is 6.58. The standard InChI is InChI=1S/C15H29N3O/c1-2-8-17-15(19)12-18-10-9-16-11-14(18)13-6-4-3-5-7-13/h13-14,16H,2-12H2,1H3,(H,17,19). The Bertz CT molecular complexity index is 277. The topological polar surface area (TPSA) is 44.4 Å². The van der Waals surface area contributed by atoms with Crippen molar-refractivity contribution in [1.29, 1.82) is 0 Å². The third-order valence-corrected chi connectivity index (χ3v) is 4.51. The highest BCUT2D eigenvalue weighted by atomic mass is 16.2. The van der Waals surface area contributed by atoms with Gasteiger partial charge in [-0.25, -0.2) is 0 Å². The lowest BCUT2D eigenvalue weighted by molar-refractivity contribution is -0.123. The maximum Gasteiger partial charge on any atom is 0.234 e. The van der Waals surface area contributed by atoms with E-state index in [1.165, 1.54) is 32.1 Å². The normalized spacial score (nSPS) is 26.3. The lowest BCUT2D eigenvalue weighted by Crippen LogP contribution is -2.57. The molecular formula is C15H29N3O. The SMILES string of the molecule is CCCNC(=O)CN1CCNCC1C1CCCCC1. The minimum atomic E-state index is 0.199. The number of nitrogens with one attached hydrogen (secondary N) is 2. The number of rotatable bonds is 5. The van der Waals surface area contributed by atoms with Gasteiger partial charge in [0.15, 0.2) is 0 Å². The maximum absolute atomic E-state index is 11.9. The molecule has 1 atom stereocenters. The Hall–Kier alpha value is -0.610. The van der Waals surface area contributed by atoms with Crippen LogP contribution in [0, 0.1) is 5.92 Å². The monoisotopic (exact) mass is 267 g/mol. The third-order valence-electron chi connectivity index (χ3n) is 4.51. The Kier molecular flexibility index (Phi) is 6.11. The summed E-state index contributed by atoms with van der Waals surface area (Å²) in [4.78, 5) is 14.3. The summed E-state index contributed by atoms with van der Waals surface area (Å²) in [5.74, 6) is 0.991. The molecule has 2 rings (SSSR count). The van der Waals surface area contributed by atoms with Crippen LogP contribution in [0.3, 0.4) is 0 Å². The number of carbonyl (C=O) groups is 1. The van der Waals surface area contributed by atoms with Gasteiger partial charge in [-0.15, -0.1) is 0 Å². The minimum absolute atomic E-state index is 0.199. The molecule has 4 heteroatoms. The summed E-state index contributed by atoms with van der Waals surface area (Å²) in [6, 6.07) is 0.571. The second kappa shape index (κ2) is 7.85. The van der Waals surface area contributed by atoms with Crippen LogP contribution in [0.4, 0.5) is 0 Å². The molecule has 19 heavy (non-hydrogen) atoms. The third kappa shape index (κ3) is 4.46. The molecule has 0 bridgehead atoms. The van der Waals surface area contributed by atoms with Crippen molar-refractivity contribution >= 4 is 5.91 Å². The van der Waals surface area contributed by atoms with E-state index in [0.29, 0.717) is 12.6 Å². The number of piperazine rings is 1. The Morgan fingerprint density at radius 3 is 2.84 bits per heavy atom. The Morgan fingerprint density at radius 2 is 2.11 bits per heavy atom. The smallest absolute Gasteiger partial charge is 0.234 e. The number of hydrogen-bond donors (Lipinski definition) is 2. The van der Waals surface area contributed by atoms with Crippen molar-refractivity contribution in [2.24, 2.45) is 5.92 Å². The fraction of sp³-hybridized carbons (Fsp3) is 0.933. The molecule has 1 saturated heterocycles. The van der Waals surface area contributed by atoms with Crippen molar-refractivity contribution in [2.45, 2.75) is 51.5 Å². The summed E-state index contributed by atoms with van der Waals surface area (Å²) in [6.07, 6.45) is 7.85. The van der Waals surface area contributed by atoms with Crippen molar-refractivity contribution in [1.82, 2.24) is 15.5 Å². The van der Waals surface area contributed by atoms with Gasteiger partial charge in [-0.05, 0) is 25.2 Å². The van der Waals surface area contributed by atoms with Crippen LogP contribution in [0.2, 0.25) is 0 Å².